The fourth-order valence-corrected chi connectivity index (χ4v) is 5.57. The zero-order valence-corrected chi connectivity index (χ0v) is 15.0. The summed E-state index contributed by atoms with van der Waals surface area (Å²) < 4.78 is 17.4. The highest BCUT2D eigenvalue weighted by Crippen LogP contribution is 2.59. The molecule has 1 aliphatic heterocycles. The van der Waals surface area contributed by atoms with Crippen LogP contribution in [-0.2, 0) is 14.2 Å². The standard InChI is InChI=1S/C19H31NO4/c1-12(2)18(24-19(21)20-6-8-22-9-7-20)23-17-11-13-10-16(17)15-5-3-4-14(13)15/h12-18H,3-11H2,1-2H3. The van der Waals surface area contributed by atoms with Crippen molar-refractivity contribution in [1.82, 2.24) is 4.90 Å². The number of carbonyl (C=O) groups excluding carboxylic acids is 1. The van der Waals surface area contributed by atoms with Crippen molar-refractivity contribution in [3.05, 3.63) is 0 Å². The van der Waals surface area contributed by atoms with Crippen molar-refractivity contribution in [1.29, 1.82) is 0 Å². The lowest BCUT2D eigenvalue weighted by Crippen LogP contribution is -2.44. The van der Waals surface area contributed by atoms with E-state index < -0.39 is 6.29 Å². The first-order valence-electron chi connectivity index (χ1n) is 9.82. The molecule has 24 heavy (non-hydrogen) atoms. The van der Waals surface area contributed by atoms with Gasteiger partial charge in [-0.25, -0.2) is 4.79 Å². The van der Waals surface area contributed by atoms with Crippen LogP contribution in [0.15, 0.2) is 0 Å². The molecule has 1 amide bonds. The SMILES string of the molecule is CC(C)C(OC(=O)N1CCOCC1)OC1CC2CC1C1CCCC21. The number of carbonyl (C=O) groups is 1. The second-order valence-electron chi connectivity index (χ2n) is 8.42. The van der Waals surface area contributed by atoms with E-state index in [1.807, 2.05) is 0 Å². The van der Waals surface area contributed by atoms with Gasteiger partial charge in [-0.3, -0.25) is 0 Å². The molecule has 5 heteroatoms. The normalized spacial score (nSPS) is 39.3. The first-order valence-corrected chi connectivity index (χ1v) is 9.82. The lowest BCUT2D eigenvalue weighted by Gasteiger charge is -2.35. The topological polar surface area (TPSA) is 48.0 Å². The molecular formula is C19H31NO4. The van der Waals surface area contributed by atoms with Crippen LogP contribution in [0.1, 0.15) is 46.0 Å². The van der Waals surface area contributed by atoms with Gasteiger partial charge in [-0.05, 0) is 49.4 Å². The molecule has 3 aliphatic carbocycles. The third-order valence-corrected chi connectivity index (χ3v) is 6.71. The van der Waals surface area contributed by atoms with Crippen molar-refractivity contribution in [3.8, 4) is 0 Å². The molecule has 5 nitrogen and oxygen atoms in total. The number of ether oxygens (including phenoxy) is 3. The summed E-state index contributed by atoms with van der Waals surface area (Å²) in [5, 5.41) is 0. The van der Waals surface area contributed by atoms with E-state index in [0.29, 0.717) is 38.3 Å². The maximum absolute atomic E-state index is 12.4. The lowest BCUT2D eigenvalue weighted by atomic mass is 9.80. The van der Waals surface area contributed by atoms with Crippen LogP contribution in [0.5, 0.6) is 0 Å². The van der Waals surface area contributed by atoms with Crippen molar-refractivity contribution < 1.29 is 19.0 Å². The molecule has 4 fully saturated rings. The zero-order chi connectivity index (χ0) is 16.7. The molecule has 1 saturated heterocycles. The first kappa shape index (κ1) is 16.6. The van der Waals surface area contributed by atoms with E-state index in [1.54, 1.807) is 4.90 Å². The van der Waals surface area contributed by atoms with Crippen molar-refractivity contribution in [2.24, 2.45) is 29.6 Å². The van der Waals surface area contributed by atoms with E-state index in [1.165, 1.54) is 32.1 Å². The number of morpholine rings is 1. The van der Waals surface area contributed by atoms with Crippen molar-refractivity contribution in [2.45, 2.75) is 58.3 Å². The van der Waals surface area contributed by atoms with Gasteiger partial charge in [0.25, 0.3) is 0 Å². The summed E-state index contributed by atoms with van der Waals surface area (Å²) in [6.07, 6.45) is 6.33. The molecule has 0 radical (unpaired) electrons. The molecule has 6 atom stereocenters. The van der Waals surface area contributed by atoms with E-state index in [0.717, 1.165) is 17.8 Å². The largest absolute Gasteiger partial charge is 0.419 e. The van der Waals surface area contributed by atoms with E-state index >= 15 is 0 Å². The molecule has 0 spiro atoms. The number of nitrogens with zero attached hydrogens (tertiary/aromatic N) is 1. The average Bonchev–Trinajstić information content (AvgIpc) is 3.27. The van der Waals surface area contributed by atoms with Gasteiger partial charge in [0.15, 0.2) is 0 Å². The summed E-state index contributed by atoms with van der Waals surface area (Å²) >= 11 is 0. The quantitative estimate of drug-likeness (QED) is 0.739. The Balaban J connectivity index is 1.35. The second kappa shape index (κ2) is 6.83. The zero-order valence-electron chi connectivity index (χ0n) is 15.0. The molecule has 4 aliphatic rings. The van der Waals surface area contributed by atoms with Gasteiger partial charge < -0.3 is 19.1 Å². The van der Waals surface area contributed by atoms with E-state index in [2.05, 4.69) is 13.8 Å². The van der Waals surface area contributed by atoms with Gasteiger partial charge in [0.05, 0.1) is 19.3 Å². The lowest BCUT2D eigenvalue weighted by molar-refractivity contribution is -0.182. The maximum Gasteiger partial charge on any atom is 0.412 e. The Kier molecular flexibility index (Phi) is 4.74. The highest BCUT2D eigenvalue weighted by molar-refractivity contribution is 5.67. The van der Waals surface area contributed by atoms with E-state index in [4.69, 9.17) is 14.2 Å². The molecule has 0 aromatic heterocycles. The van der Waals surface area contributed by atoms with Gasteiger partial charge in [0.1, 0.15) is 0 Å². The predicted octanol–water partition coefficient (Wildman–Crippen LogP) is 3.28. The Morgan fingerprint density at radius 1 is 1.08 bits per heavy atom. The summed E-state index contributed by atoms with van der Waals surface area (Å²) in [6.45, 7) is 6.56. The molecule has 6 unspecified atom stereocenters. The van der Waals surface area contributed by atoms with Gasteiger partial charge in [-0.15, -0.1) is 0 Å². The molecule has 0 N–H and O–H groups in total. The molecule has 4 rings (SSSR count). The van der Waals surface area contributed by atoms with E-state index in [9.17, 15) is 4.79 Å². The van der Waals surface area contributed by atoms with Crippen LogP contribution >= 0.6 is 0 Å². The van der Waals surface area contributed by atoms with E-state index in [-0.39, 0.29) is 12.0 Å². The van der Waals surface area contributed by atoms with Crippen molar-refractivity contribution >= 4 is 6.09 Å². The minimum atomic E-state index is -0.426. The maximum atomic E-state index is 12.4. The minimum Gasteiger partial charge on any atom is -0.419 e. The minimum absolute atomic E-state index is 0.175. The Morgan fingerprint density at radius 2 is 1.83 bits per heavy atom. The highest BCUT2D eigenvalue weighted by atomic mass is 16.7. The van der Waals surface area contributed by atoms with Crippen LogP contribution in [0.4, 0.5) is 4.79 Å². The Morgan fingerprint density at radius 3 is 2.58 bits per heavy atom. The van der Waals surface area contributed by atoms with Gasteiger partial charge in [0.2, 0.25) is 6.29 Å². The second-order valence-corrected chi connectivity index (χ2v) is 8.42. The summed E-state index contributed by atoms with van der Waals surface area (Å²) in [5.74, 6) is 3.56. The third-order valence-electron chi connectivity index (χ3n) is 6.71. The predicted molar refractivity (Wildman–Crippen MR) is 89.4 cm³/mol. The summed E-state index contributed by atoms with van der Waals surface area (Å²) in [4.78, 5) is 14.1. The Hall–Kier alpha value is -0.810. The highest BCUT2D eigenvalue weighted by Gasteiger charge is 2.54. The van der Waals surface area contributed by atoms with Crippen LogP contribution in [-0.4, -0.2) is 49.7 Å². The van der Waals surface area contributed by atoms with Gasteiger partial charge in [-0.2, -0.15) is 0 Å². The van der Waals surface area contributed by atoms with Gasteiger partial charge in [-0.1, -0.05) is 20.3 Å². The number of amides is 1. The molecular weight excluding hydrogens is 306 g/mol. The fraction of sp³-hybridized carbons (Fsp3) is 0.947. The Labute approximate surface area is 145 Å². The molecule has 2 bridgehead atoms. The monoisotopic (exact) mass is 337 g/mol. The first-order chi connectivity index (χ1) is 11.6. The molecule has 0 aromatic carbocycles. The van der Waals surface area contributed by atoms with Gasteiger partial charge >= 0.3 is 6.09 Å². The van der Waals surface area contributed by atoms with Crippen molar-refractivity contribution in [3.63, 3.8) is 0 Å². The molecule has 3 saturated carbocycles. The molecule has 136 valence electrons. The number of hydrogen-bond acceptors (Lipinski definition) is 4. The van der Waals surface area contributed by atoms with Crippen LogP contribution in [0.25, 0.3) is 0 Å². The Bertz CT molecular complexity index is 462. The summed E-state index contributed by atoms with van der Waals surface area (Å²) in [6, 6.07) is 0. The van der Waals surface area contributed by atoms with Crippen LogP contribution in [0.2, 0.25) is 0 Å². The number of rotatable bonds is 4. The smallest absolute Gasteiger partial charge is 0.412 e. The average molecular weight is 337 g/mol. The molecule has 0 aromatic rings. The van der Waals surface area contributed by atoms with Crippen LogP contribution in [0, 0.1) is 29.6 Å². The number of fused-ring (bicyclic) bond motifs is 5. The van der Waals surface area contributed by atoms with Crippen LogP contribution in [0.3, 0.4) is 0 Å². The van der Waals surface area contributed by atoms with Gasteiger partial charge in [0, 0.05) is 19.0 Å². The fourth-order valence-electron chi connectivity index (χ4n) is 5.57. The number of hydrogen-bond donors (Lipinski definition) is 0. The molecule has 1 heterocycles. The summed E-state index contributed by atoms with van der Waals surface area (Å²) in [5.41, 5.74) is 0. The third kappa shape index (κ3) is 3.05. The summed E-state index contributed by atoms with van der Waals surface area (Å²) in [7, 11) is 0. The van der Waals surface area contributed by atoms with Crippen molar-refractivity contribution in [2.75, 3.05) is 26.3 Å². The van der Waals surface area contributed by atoms with Crippen LogP contribution < -0.4 is 0 Å².